The van der Waals surface area contributed by atoms with E-state index in [9.17, 15) is 17.6 Å². The molecule has 32 heavy (non-hydrogen) atoms. The van der Waals surface area contributed by atoms with Gasteiger partial charge in [-0.1, -0.05) is 47.1 Å². The van der Waals surface area contributed by atoms with Crippen LogP contribution < -0.4 is 4.74 Å². The number of imidazole rings is 1. The lowest BCUT2D eigenvalue weighted by Gasteiger charge is -2.17. The minimum atomic E-state index is -4.57. The van der Waals surface area contributed by atoms with E-state index < -0.39 is 12.5 Å². The number of hydrogen-bond donors (Lipinski definition) is 0. The van der Waals surface area contributed by atoms with Crippen LogP contribution in [0.1, 0.15) is 5.56 Å². The molecule has 0 amide bonds. The molecule has 4 rings (SSSR count). The number of rotatable bonds is 7. The van der Waals surface area contributed by atoms with E-state index in [0.717, 1.165) is 5.56 Å². The van der Waals surface area contributed by atoms with Crippen LogP contribution in [0.15, 0.2) is 71.9 Å². The molecule has 0 atom stereocenters. The van der Waals surface area contributed by atoms with Gasteiger partial charge in [0.2, 0.25) is 0 Å². The summed E-state index contributed by atoms with van der Waals surface area (Å²) in [5.41, 5.74) is 3.02. The first-order valence-corrected chi connectivity index (χ1v) is 11.0. The zero-order valence-electron chi connectivity index (χ0n) is 16.1. The molecule has 0 bridgehead atoms. The average Bonchev–Trinajstić information content (AvgIpc) is 3.11. The highest BCUT2D eigenvalue weighted by Crippen LogP contribution is 2.33. The Morgan fingerprint density at radius 3 is 2.25 bits per heavy atom. The minimum Gasteiger partial charge on any atom is -0.428 e. The lowest BCUT2D eigenvalue weighted by molar-refractivity contribution is -0.253. The fourth-order valence-corrected chi connectivity index (χ4v) is 4.24. The second kappa shape index (κ2) is 9.21. The van der Waals surface area contributed by atoms with Gasteiger partial charge in [-0.3, -0.25) is 4.57 Å². The molecule has 0 fully saturated rings. The van der Waals surface area contributed by atoms with Crippen LogP contribution in [-0.4, -0.2) is 22.1 Å². The van der Waals surface area contributed by atoms with Crippen molar-refractivity contribution in [3.8, 4) is 11.4 Å². The average molecular weight is 501 g/mol. The van der Waals surface area contributed by atoms with Crippen molar-refractivity contribution in [2.75, 3.05) is 0 Å². The van der Waals surface area contributed by atoms with Gasteiger partial charge >= 0.3 is 12.5 Å². The summed E-state index contributed by atoms with van der Waals surface area (Å²) in [6.07, 6.45) is -8.51. The molecule has 0 saturated carbocycles. The SMILES string of the molecule is FC(F)C(F)(F)Oc1ccc(-n2c(SCc3ccc(Cl)cc3)nc3ccc(Cl)cc32)cc1. The molecule has 10 heteroatoms. The fourth-order valence-electron chi connectivity index (χ4n) is 2.97. The molecule has 166 valence electrons. The van der Waals surface area contributed by atoms with E-state index in [-0.39, 0.29) is 5.75 Å². The monoisotopic (exact) mass is 500 g/mol. The Balaban J connectivity index is 1.68. The Labute approximate surface area is 194 Å². The van der Waals surface area contributed by atoms with Gasteiger partial charge in [0.1, 0.15) is 5.75 Å². The van der Waals surface area contributed by atoms with Gasteiger partial charge in [-0.25, -0.2) is 4.98 Å². The van der Waals surface area contributed by atoms with Crippen LogP contribution in [0.5, 0.6) is 5.75 Å². The van der Waals surface area contributed by atoms with Crippen LogP contribution in [0, 0.1) is 0 Å². The second-order valence-corrected chi connectivity index (χ2v) is 8.55. The van der Waals surface area contributed by atoms with Gasteiger partial charge in [0, 0.05) is 21.5 Å². The van der Waals surface area contributed by atoms with Crippen molar-refractivity contribution in [2.45, 2.75) is 23.4 Å². The first-order chi connectivity index (χ1) is 15.2. The predicted octanol–water partition coefficient (Wildman–Crippen LogP) is 7.86. The molecule has 3 nitrogen and oxygen atoms in total. The van der Waals surface area contributed by atoms with Gasteiger partial charge < -0.3 is 4.74 Å². The third kappa shape index (κ3) is 4.98. The van der Waals surface area contributed by atoms with E-state index >= 15 is 0 Å². The topological polar surface area (TPSA) is 27.1 Å². The molecule has 3 aromatic carbocycles. The Bertz CT molecular complexity index is 1230. The van der Waals surface area contributed by atoms with Crippen molar-refractivity contribution in [2.24, 2.45) is 0 Å². The van der Waals surface area contributed by atoms with E-state index in [1.807, 2.05) is 16.7 Å². The van der Waals surface area contributed by atoms with Crippen LogP contribution in [0.25, 0.3) is 16.7 Å². The van der Waals surface area contributed by atoms with Gasteiger partial charge in [-0.15, -0.1) is 0 Å². The summed E-state index contributed by atoms with van der Waals surface area (Å²) in [6.45, 7) is 0. The number of ether oxygens (including phenoxy) is 1. The van der Waals surface area contributed by atoms with Gasteiger partial charge in [0.25, 0.3) is 0 Å². The maximum atomic E-state index is 13.2. The van der Waals surface area contributed by atoms with Crippen molar-refractivity contribution < 1.29 is 22.3 Å². The Morgan fingerprint density at radius 2 is 1.59 bits per heavy atom. The third-order valence-corrected chi connectivity index (χ3v) is 5.97. The third-order valence-electron chi connectivity index (χ3n) is 4.47. The smallest absolute Gasteiger partial charge is 0.428 e. The molecule has 0 unspecified atom stereocenters. The number of benzene rings is 3. The lowest BCUT2D eigenvalue weighted by Crippen LogP contribution is -2.33. The summed E-state index contributed by atoms with van der Waals surface area (Å²) >= 11 is 13.6. The molecule has 0 spiro atoms. The lowest BCUT2D eigenvalue weighted by atomic mass is 10.2. The predicted molar refractivity (Wildman–Crippen MR) is 119 cm³/mol. The van der Waals surface area contributed by atoms with E-state index in [4.69, 9.17) is 23.2 Å². The van der Waals surface area contributed by atoms with Crippen LogP contribution >= 0.6 is 35.0 Å². The van der Waals surface area contributed by atoms with Crippen molar-refractivity contribution in [3.05, 3.63) is 82.3 Å². The second-order valence-electron chi connectivity index (χ2n) is 6.74. The first kappa shape index (κ1) is 22.8. The van der Waals surface area contributed by atoms with Gasteiger partial charge in [-0.05, 0) is 60.2 Å². The summed E-state index contributed by atoms with van der Waals surface area (Å²) in [5, 5.41) is 1.79. The molecule has 0 radical (unpaired) electrons. The highest BCUT2D eigenvalue weighted by atomic mass is 35.5. The van der Waals surface area contributed by atoms with Crippen molar-refractivity contribution in [3.63, 3.8) is 0 Å². The summed E-state index contributed by atoms with van der Waals surface area (Å²) in [5.74, 6) is 0.229. The quantitative estimate of drug-likeness (QED) is 0.191. The number of fused-ring (bicyclic) bond motifs is 1. The number of thioether (sulfide) groups is 1. The molecule has 1 aromatic heterocycles. The molecule has 0 aliphatic heterocycles. The molecule has 0 aliphatic carbocycles. The van der Waals surface area contributed by atoms with Crippen molar-refractivity contribution in [1.82, 2.24) is 9.55 Å². The summed E-state index contributed by atoms with van der Waals surface area (Å²) in [6, 6.07) is 18.1. The highest BCUT2D eigenvalue weighted by molar-refractivity contribution is 7.98. The van der Waals surface area contributed by atoms with Crippen LogP contribution in [0.4, 0.5) is 17.6 Å². The molecule has 1 heterocycles. The molecule has 0 N–H and O–H groups in total. The maximum absolute atomic E-state index is 13.2. The maximum Gasteiger partial charge on any atom is 0.461 e. The number of nitrogens with zero attached hydrogens (tertiary/aromatic N) is 2. The van der Waals surface area contributed by atoms with Crippen LogP contribution in [0.2, 0.25) is 10.0 Å². The van der Waals surface area contributed by atoms with Crippen LogP contribution in [-0.2, 0) is 5.75 Å². The highest BCUT2D eigenvalue weighted by Gasteiger charge is 2.43. The molecular weight excluding hydrogens is 487 g/mol. The standard InChI is InChI=1S/C22H14Cl2F4N2OS/c23-14-3-1-13(2-4-14)12-32-21-29-18-10-5-15(24)11-19(18)30(21)16-6-8-17(9-7-16)31-22(27,28)20(25)26/h1-11,20H,12H2. The normalized spacial score (nSPS) is 12.0. The minimum absolute atomic E-state index is 0.378. The van der Waals surface area contributed by atoms with Crippen LogP contribution in [0.3, 0.4) is 0 Å². The number of hydrogen-bond acceptors (Lipinski definition) is 3. The van der Waals surface area contributed by atoms with Gasteiger partial charge in [0.15, 0.2) is 5.16 Å². The molecular formula is C22H14Cl2F4N2OS. The largest absolute Gasteiger partial charge is 0.461 e. The number of aromatic nitrogens is 2. The van der Waals surface area contributed by atoms with E-state index in [1.165, 1.54) is 36.0 Å². The zero-order valence-corrected chi connectivity index (χ0v) is 18.4. The first-order valence-electron chi connectivity index (χ1n) is 9.23. The molecule has 0 aliphatic rings. The van der Waals surface area contributed by atoms with Crippen molar-refractivity contribution in [1.29, 1.82) is 0 Å². The summed E-state index contributed by atoms with van der Waals surface area (Å²) in [7, 11) is 0. The Kier molecular flexibility index (Phi) is 6.55. The number of halogens is 6. The van der Waals surface area contributed by atoms with E-state index in [0.29, 0.717) is 37.7 Å². The molecule has 4 aromatic rings. The van der Waals surface area contributed by atoms with E-state index in [1.54, 1.807) is 30.3 Å². The Morgan fingerprint density at radius 1 is 0.938 bits per heavy atom. The van der Waals surface area contributed by atoms with Crippen molar-refractivity contribution >= 4 is 46.0 Å². The summed E-state index contributed by atoms with van der Waals surface area (Å²) in [4.78, 5) is 4.66. The fraction of sp³-hybridized carbons (Fsp3) is 0.136. The molecule has 0 saturated heterocycles. The van der Waals surface area contributed by atoms with Gasteiger partial charge in [-0.2, -0.15) is 17.6 Å². The Hall–Kier alpha value is -2.42. The summed E-state index contributed by atoms with van der Waals surface area (Å²) < 4.78 is 57.2. The zero-order chi connectivity index (χ0) is 22.9. The number of alkyl halides is 4. The van der Waals surface area contributed by atoms with E-state index in [2.05, 4.69) is 9.72 Å². The van der Waals surface area contributed by atoms with Gasteiger partial charge in [0.05, 0.1) is 11.0 Å².